The molecule has 0 heterocycles. The second-order valence-corrected chi connectivity index (χ2v) is 7.79. The zero-order valence-corrected chi connectivity index (χ0v) is 16.1. The van der Waals surface area contributed by atoms with Crippen molar-refractivity contribution in [1.29, 1.82) is 0 Å². The molecule has 2 aromatic carbocycles. The van der Waals surface area contributed by atoms with Crippen LogP contribution in [0.25, 0.3) is 0 Å². The number of aliphatic imine (C=N–C) groups is 1. The van der Waals surface area contributed by atoms with Gasteiger partial charge in [-0.1, -0.05) is 31.0 Å². The second kappa shape index (κ2) is 9.10. The van der Waals surface area contributed by atoms with Gasteiger partial charge in [0.1, 0.15) is 5.69 Å². The summed E-state index contributed by atoms with van der Waals surface area (Å²) in [4.78, 5) is 15.0. The first-order chi connectivity index (χ1) is 12.9. The number of terminal acetylenes is 1. The summed E-state index contributed by atoms with van der Waals surface area (Å²) in [5.74, 6) is 2.38. The Morgan fingerprint density at radius 1 is 1.07 bits per heavy atom. The number of rotatable bonds is 7. The van der Waals surface area contributed by atoms with E-state index in [4.69, 9.17) is 6.42 Å². The van der Waals surface area contributed by atoms with E-state index in [2.05, 4.69) is 16.1 Å². The van der Waals surface area contributed by atoms with Crippen molar-refractivity contribution in [3.05, 3.63) is 59.0 Å². The minimum absolute atomic E-state index is 0.00385. The van der Waals surface area contributed by atoms with Crippen LogP contribution in [0.5, 0.6) is 0 Å². The Hall–Kier alpha value is -2.98. The Bertz CT molecular complexity index is 957. The van der Waals surface area contributed by atoms with Gasteiger partial charge in [0.15, 0.2) is 5.84 Å². The average molecular weight is 383 g/mol. The highest BCUT2D eigenvalue weighted by atomic mass is 32.2. The van der Waals surface area contributed by atoms with Crippen molar-refractivity contribution in [2.75, 3.05) is 6.54 Å². The first-order valence-corrected chi connectivity index (χ1v) is 9.94. The summed E-state index contributed by atoms with van der Waals surface area (Å²) >= 11 is 0. The van der Waals surface area contributed by atoms with Gasteiger partial charge >= 0.3 is 0 Å². The van der Waals surface area contributed by atoms with E-state index in [0.717, 1.165) is 16.3 Å². The number of nitrogens with zero attached hydrogens (tertiary/aromatic N) is 3. The van der Waals surface area contributed by atoms with Crippen molar-refractivity contribution in [2.45, 2.75) is 31.6 Å². The lowest BCUT2D eigenvalue weighted by molar-refractivity contribution is 0.512. The van der Waals surface area contributed by atoms with E-state index in [1.54, 1.807) is 36.4 Å². The van der Waals surface area contributed by atoms with E-state index < -0.39 is 10.0 Å². The maximum Gasteiger partial charge on any atom is 0.265 e. The predicted molar refractivity (Wildman–Crippen MR) is 108 cm³/mol. The normalized spacial score (nSPS) is 11.7. The van der Waals surface area contributed by atoms with Gasteiger partial charge in [0, 0.05) is 6.54 Å². The van der Waals surface area contributed by atoms with Crippen LogP contribution in [-0.4, -0.2) is 25.1 Å². The van der Waals surface area contributed by atoms with E-state index in [1.807, 2.05) is 13.8 Å². The van der Waals surface area contributed by atoms with Crippen LogP contribution in [0.2, 0.25) is 0 Å². The van der Waals surface area contributed by atoms with Gasteiger partial charge < -0.3 is 0 Å². The molecule has 0 spiro atoms. The van der Waals surface area contributed by atoms with Crippen molar-refractivity contribution >= 4 is 27.2 Å². The smallest absolute Gasteiger partial charge is 0.243 e. The molecular weight excluding hydrogens is 362 g/mol. The second-order valence-electron chi connectivity index (χ2n) is 5.93. The molecule has 0 fully saturated rings. The molecular formula is C20H21N3O3S. The van der Waals surface area contributed by atoms with Crippen molar-refractivity contribution in [2.24, 2.45) is 10.2 Å². The number of sulfonamides is 1. The van der Waals surface area contributed by atoms with Gasteiger partial charge in [-0.25, -0.2) is 17.7 Å². The molecule has 7 heteroatoms. The molecule has 0 saturated heterocycles. The molecule has 0 aliphatic rings. The highest BCUT2D eigenvalue weighted by Crippen LogP contribution is 2.22. The number of unbranched alkanes of at least 4 members (excludes halogenated alkanes) is 1. The molecule has 0 N–H and O–H groups in total. The summed E-state index contributed by atoms with van der Waals surface area (Å²) in [6.45, 7) is 4.08. The number of aryl methyl sites for hydroxylation is 1. The van der Waals surface area contributed by atoms with Gasteiger partial charge in [-0.2, -0.15) is 0 Å². The first-order valence-electron chi connectivity index (χ1n) is 8.50. The lowest BCUT2D eigenvalue weighted by Gasteiger charge is -2.23. The molecule has 6 nitrogen and oxygen atoms in total. The Morgan fingerprint density at radius 3 is 2.19 bits per heavy atom. The van der Waals surface area contributed by atoms with Gasteiger partial charge in [0.25, 0.3) is 10.0 Å². The van der Waals surface area contributed by atoms with Crippen LogP contribution >= 0.6 is 0 Å². The van der Waals surface area contributed by atoms with Gasteiger partial charge in [-0.15, -0.1) is 11.3 Å². The Labute approximate surface area is 160 Å². The molecule has 2 rings (SSSR count). The summed E-state index contributed by atoms with van der Waals surface area (Å²) in [5, 5.41) is 2.83. The number of amidine groups is 1. The molecule has 27 heavy (non-hydrogen) atoms. The minimum atomic E-state index is -3.84. The third-order valence-electron chi connectivity index (χ3n) is 3.88. The molecule has 0 aromatic heterocycles. The molecule has 0 atom stereocenters. The quantitative estimate of drug-likeness (QED) is 0.304. The van der Waals surface area contributed by atoms with Crippen LogP contribution in [0, 0.1) is 24.2 Å². The third kappa shape index (κ3) is 5.02. The fourth-order valence-electron chi connectivity index (χ4n) is 2.35. The van der Waals surface area contributed by atoms with Gasteiger partial charge in [0.2, 0.25) is 0 Å². The Morgan fingerprint density at radius 2 is 1.67 bits per heavy atom. The predicted octanol–water partition coefficient (Wildman–Crippen LogP) is 4.55. The van der Waals surface area contributed by atoms with E-state index >= 15 is 0 Å². The van der Waals surface area contributed by atoms with Crippen molar-refractivity contribution in [3.8, 4) is 12.3 Å². The minimum Gasteiger partial charge on any atom is -0.243 e. The van der Waals surface area contributed by atoms with Crippen molar-refractivity contribution < 1.29 is 8.42 Å². The standard InChI is InChI=1S/C20H21N3O3S/c1-4-6-15-23(27(25,26)19-13-7-16(3)8-14-19)20(5-2)21-17-9-11-18(22-24)12-10-17/h2,7-14H,4,6,15H2,1,3H3. The van der Waals surface area contributed by atoms with Gasteiger partial charge in [-0.3, -0.25) is 0 Å². The van der Waals surface area contributed by atoms with Crippen molar-refractivity contribution in [1.82, 2.24) is 4.31 Å². The number of nitroso groups, excluding NO2 is 1. The zero-order valence-electron chi connectivity index (χ0n) is 15.3. The molecule has 0 saturated carbocycles. The molecule has 0 aliphatic heterocycles. The average Bonchev–Trinajstić information content (AvgIpc) is 2.68. The molecule has 2 aromatic rings. The molecule has 0 amide bonds. The van der Waals surface area contributed by atoms with Crippen LogP contribution in [0.1, 0.15) is 25.3 Å². The Balaban J connectivity index is 2.48. The number of hydrogen-bond donors (Lipinski definition) is 0. The molecule has 0 aliphatic carbocycles. The third-order valence-corrected chi connectivity index (χ3v) is 5.68. The van der Waals surface area contributed by atoms with Gasteiger partial charge in [0.05, 0.1) is 10.6 Å². The molecule has 0 unspecified atom stereocenters. The summed E-state index contributed by atoms with van der Waals surface area (Å²) < 4.78 is 27.4. The maximum atomic E-state index is 13.1. The number of hydrogen-bond acceptors (Lipinski definition) is 5. The van der Waals surface area contributed by atoms with Crippen molar-refractivity contribution in [3.63, 3.8) is 0 Å². The highest BCUT2D eigenvalue weighted by molar-refractivity contribution is 7.89. The lowest BCUT2D eigenvalue weighted by atomic mass is 10.2. The zero-order chi connectivity index (χ0) is 19.9. The summed E-state index contributed by atoms with van der Waals surface area (Å²) in [6, 6.07) is 12.7. The van der Waals surface area contributed by atoms with E-state index in [-0.39, 0.29) is 23.0 Å². The fraction of sp³-hybridized carbons (Fsp3) is 0.250. The van der Waals surface area contributed by atoms with Crippen LogP contribution < -0.4 is 0 Å². The van der Waals surface area contributed by atoms with Crippen LogP contribution in [0.4, 0.5) is 11.4 Å². The van der Waals surface area contributed by atoms with E-state index in [1.165, 1.54) is 12.1 Å². The van der Waals surface area contributed by atoms with Crippen LogP contribution in [0.15, 0.2) is 63.6 Å². The summed E-state index contributed by atoms with van der Waals surface area (Å²) in [6.07, 6.45) is 7.03. The number of benzene rings is 2. The van der Waals surface area contributed by atoms with Crippen LogP contribution in [-0.2, 0) is 10.0 Å². The SMILES string of the molecule is C#CC(=Nc1ccc(N=O)cc1)N(CCCC)S(=O)(=O)c1ccc(C)cc1. The highest BCUT2D eigenvalue weighted by Gasteiger charge is 2.26. The largest absolute Gasteiger partial charge is 0.265 e. The first kappa shape index (κ1) is 20.3. The fourth-order valence-corrected chi connectivity index (χ4v) is 3.77. The lowest BCUT2D eigenvalue weighted by Crippen LogP contribution is -2.37. The van der Waals surface area contributed by atoms with Crippen LogP contribution in [0.3, 0.4) is 0 Å². The molecule has 0 bridgehead atoms. The van der Waals surface area contributed by atoms with E-state index in [9.17, 15) is 13.3 Å². The van der Waals surface area contributed by atoms with Gasteiger partial charge in [-0.05, 0) is 60.8 Å². The molecule has 0 radical (unpaired) electrons. The monoisotopic (exact) mass is 383 g/mol. The summed E-state index contributed by atoms with van der Waals surface area (Å²) in [7, 11) is -3.84. The van der Waals surface area contributed by atoms with E-state index in [0.29, 0.717) is 12.1 Å². The molecule has 140 valence electrons. The Kier molecular flexibility index (Phi) is 6.85. The summed E-state index contributed by atoms with van der Waals surface area (Å²) in [5.41, 5.74) is 1.66. The topological polar surface area (TPSA) is 79.2 Å². The maximum absolute atomic E-state index is 13.1.